The molecule has 0 saturated carbocycles. The predicted octanol–water partition coefficient (Wildman–Crippen LogP) is 5.15. The predicted molar refractivity (Wildman–Crippen MR) is 130 cm³/mol. The SMILES string of the molecule is Cc1ccc(NC(=O)/C=C/c2ccccc2[N+](=O)[O-])cc1Nc1nccc(-c2cccnc2)n1. The summed E-state index contributed by atoms with van der Waals surface area (Å²) in [6, 6.07) is 17.2. The van der Waals surface area contributed by atoms with Gasteiger partial charge >= 0.3 is 0 Å². The summed E-state index contributed by atoms with van der Waals surface area (Å²) in [5.74, 6) is -0.00742. The molecule has 4 aromatic rings. The number of aryl methyl sites for hydroxylation is 1. The number of para-hydroxylation sites is 1. The van der Waals surface area contributed by atoms with Crippen LogP contribution >= 0.6 is 0 Å². The third-order valence-corrected chi connectivity index (χ3v) is 4.91. The fraction of sp³-hybridized carbons (Fsp3) is 0.0400. The second-order valence-corrected chi connectivity index (χ2v) is 7.30. The molecular weight excluding hydrogens is 432 g/mol. The van der Waals surface area contributed by atoms with Crippen molar-refractivity contribution < 1.29 is 9.72 Å². The Morgan fingerprint density at radius 1 is 1.06 bits per heavy atom. The summed E-state index contributed by atoms with van der Waals surface area (Å²) in [5, 5.41) is 17.1. The van der Waals surface area contributed by atoms with Gasteiger partial charge in [0.15, 0.2) is 0 Å². The number of anilines is 3. The van der Waals surface area contributed by atoms with E-state index in [1.165, 1.54) is 18.2 Å². The van der Waals surface area contributed by atoms with E-state index < -0.39 is 10.8 Å². The number of nitrogens with zero attached hydrogens (tertiary/aromatic N) is 4. The van der Waals surface area contributed by atoms with Gasteiger partial charge in [0.25, 0.3) is 5.69 Å². The van der Waals surface area contributed by atoms with E-state index in [1.807, 2.05) is 25.1 Å². The number of aromatic nitrogens is 3. The highest BCUT2D eigenvalue weighted by molar-refractivity contribution is 6.02. The van der Waals surface area contributed by atoms with Crippen molar-refractivity contribution >= 4 is 35.0 Å². The molecule has 0 radical (unpaired) electrons. The molecule has 2 aromatic carbocycles. The van der Waals surface area contributed by atoms with E-state index in [0.29, 0.717) is 17.2 Å². The van der Waals surface area contributed by atoms with Crippen molar-refractivity contribution in [3.8, 4) is 11.3 Å². The molecular formula is C25H20N6O3. The molecule has 4 rings (SSSR count). The van der Waals surface area contributed by atoms with E-state index >= 15 is 0 Å². The number of carbonyl (C=O) groups is 1. The molecule has 0 spiro atoms. The molecule has 0 aliphatic carbocycles. The second-order valence-electron chi connectivity index (χ2n) is 7.30. The number of nitro groups is 1. The minimum absolute atomic E-state index is 0.0677. The number of benzene rings is 2. The molecule has 9 heteroatoms. The molecule has 0 fully saturated rings. The maximum Gasteiger partial charge on any atom is 0.276 e. The summed E-state index contributed by atoms with van der Waals surface area (Å²) in [7, 11) is 0. The largest absolute Gasteiger partial charge is 0.324 e. The van der Waals surface area contributed by atoms with Crippen molar-refractivity contribution in [2.45, 2.75) is 6.92 Å². The van der Waals surface area contributed by atoms with Gasteiger partial charge in [-0.2, -0.15) is 0 Å². The Morgan fingerprint density at radius 2 is 1.91 bits per heavy atom. The van der Waals surface area contributed by atoms with Crippen molar-refractivity contribution in [3.05, 3.63) is 107 Å². The summed E-state index contributed by atoms with van der Waals surface area (Å²) >= 11 is 0. The zero-order chi connectivity index (χ0) is 23.9. The molecule has 2 heterocycles. The topological polar surface area (TPSA) is 123 Å². The number of pyridine rings is 1. The first-order valence-corrected chi connectivity index (χ1v) is 10.3. The van der Waals surface area contributed by atoms with E-state index in [-0.39, 0.29) is 5.69 Å². The minimum atomic E-state index is -0.485. The van der Waals surface area contributed by atoms with E-state index in [9.17, 15) is 14.9 Å². The van der Waals surface area contributed by atoms with Gasteiger partial charge < -0.3 is 10.6 Å². The van der Waals surface area contributed by atoms with Crippen LogP contribution < -0.4 is 10.6 Å². The van der Waals surface area contributed by atoms with Gasteiger partial charge in [-0.15, -0.1) is 0 Å². The molecule has 0 unspecified atom stereocenters. The molecule has 168 valence electrons. The summed E-state index contributed by atoms with van der Waals surface area (Å²) in [4.78, 5) is 36.0. The van der Waals surface area contributed by atoms with Crippen LogP contribution in [-0.2, 0) is 4.79 Å². The Hall–Kier alpha value is -4.92. The van der Waals surface area contributed by atoms with Gasteiger partial charge in [0.2, 0.25) is 11.9 Å². The molecule has 0 aliphatic rings. The van der Waals surface area contributed by atoms with Crippen LogP contribution in [0.5, 0.6) is 0 Å². The number of nitrogens with one attached hydrogen (secondary N) is 2. The summed E-state index contributed by atoms with van der Waals surface area (Å²) < 4.78 is 0. The van der Waals surface area contributed by atoms with Crippen molar-refractivity contribution in [1.29, 1.82) is 0 Å². The Morgan fingerprint density at radius 3 is 2.71 bits per heavy atom. The van der Waals surface area contributed by atoms with Gasteiger partial charge in [-0.3, -0.25) is 19.9 Å². The lowest BCUT2D eigenvalue weighted by Crippen LogP contribution is -2.08. The first-order chi connectivity index (χ1) is 16.5. The van der Waals surface area contributed by atoms with E-state index in [0.717, 1.165) is 22.5 Å². The van der Waals surface area contributed by atoms with Crippen LogP contribution in [0.25, 0.3) is 17.3 Å². The summed E-state index contributed by atoms with van der Waals surface area (Å²) in [6.07, 6.45) is 7.76. The Balaban J connectivity index is 1.49. The summed E-state index contributed by atoms with van der Waals surface area (Å²) in [5.41, 5.74) is 4.09. The van der Waals surface area contributed by atoms with Crippen LogP contribution in [0.2, 0.25) is 0 Å². The van der Waals surface area contributed by atoms with Crippen LogP contribution in [0.15, 0.2) is 85.3 Å². The minimum Gasteiger partial charge on any atom is -0.324 e. The van der Waals surface area contributed by atoms with Crippen molar-refractivity contribution in [2.75, 3.05) is 10.6 Å². The number of hydrogen-bond donors (Lipinski definition) is 2. The smallest absolute Gasteiger partial charge is 0.276 e. The average Bonchev–Trinajstić information content (AvgIpc) is 2.85. The van der Waals surface area contributed by atoms with Crippen LogP contribution in [0.3, 0.4) is 0 Å². The molecule has 34 heavy (non-hydrogen) atoms. The molecule has 0 atom stereocenters. The number of rotatable bonds is 7. The van der Waals surface area contributed by atoms with Crippen molar-refractivity contribution in [2.24, 2.45) is 0 Å². The van der Waals surface area contributed by atoms with E-state index in [4.69, 9.17) is 0 Å². The maximum absolute atomic E-state index is 12.4. The zero-order valence-corrected chi connectivity index (χ0v) is 18.2. The summed E-state index contributed by atoms with van der Waals surface area (Å²) in [6.45, 7) is 1.92. The number of hydrogen-bond acceptors (Lipinski definition) is 7. The highest BCUT2D eigenvalue weighted by Crippen LogP contribution is 2.24. The highest BCUT2D eigenvalue weighted by Gasteiger charge is 2.10. The fourth-order valence-electron chi connectivity index (χ4n) is 3.19. The molecule has 9 nitrogen and oxygen atoms in total. The molecule has 2 aromatic heterocycles. The first kappa shape index (κ1) is 22.3. The Kier molecular flexibility index (Phi) is 6.64. The van der Waals surface area contributed by atoms with Gasteiger partial charge in [0.1, 0.15) is 0 Å². The van der Waals surface area contributed by atoms with Gasteiger partial charge in [0, 0.05) is 47.7 Å². The standard InChI is InChI=1S/C25H20N6O3/c1-17-8-10-20(28-24(32)11-9-18-5-2-3-7-23(18)31(33)34)15-22(17)30-25-27-14-12-21(29-25)19-6-4-13-26-16-19/h2-16H,1H3,(H,28,32)(H,27,29,30)/b11-9+. The lowest BCUT2D eigenvalue weighted by atomic mass is 10.1. The monoisotopic (exact) mass is 452 g/mol. The van der Waals surface area contributed by atoms with Gasteiger partial charge in [-0.1, -0.05) is 18.2 Å². The lowest BCUT2D eigenvalue weighted by Gasteiger charge is -2.11. The number of amides is 1. The highest BCUT2D eigenvalue weighted by atomic mass is 16.6. The quantitative estimate of drug-likeness (QED) is 0.226. The van der Waals surface area contributed by atoms with Crippen LogP contribution in [0.4, 0.5) is 23.0 Å². The zero-order valence-electron chi connectivity index (χ0n) is 18.2. The normalized spacial score (nSPS) is 10.7. The molecule has 0 bridgehead atoms. The van der Waals surface area contributed by atoms with E-state index in [1.54, 1.807) is 55.0 Å². The fourth-order valence-corrected chi connectivity index (χ4v) is 3.19. The Bertz CT molecular complexity index is 1370. The van der Waals surface area contributed by atoms with Crippen LogP contribution in [0, 0.1) is 17.0 Å². The average molecular weight is 452 g/mol. The van der Waals surface area contributed by atoms with Gasteiger partial charge in [0.05, 0.1) is 16.2 Å². The van der Waals surface area contributed by atoms with Gasteiger partial charge in [-0.05, 0) is 55.0 Å². The van der Waals surface area contributed by atoms with Crippen molar-refractivity contribution in [1.82, 2.24) is 15.0 Å². The van der Waals surface area contributed by atoms with Crippen LogP contribution in [-0.4, -0.2) is 25.8 Å². The molecule has 0 saturated heterocycles. The molecule has 2 N–H and O–H groups in total. The van der Waals surface area contributed by atoms with Crippen LogP contribution in [0.1, 0.15) is 11.1 Å². The molecule has 0 aliphatic heterocycles. The number of nitro benzene ring substituents is 1. The molecule has 1 amide bonds. The Labute approximate surface area is 195 Å². The lowest BCUT2D eigenvalue weighted by molar-refractivity contribution is -0.385. The number of carbonyl (C=O) groups excluding carboxylic acids is 1. The second kappa shape index (κ2) is 10.1. The van der Waals surface area contributed by atoms with Crippen molar-refractivity contribution in [3.63, 3.8) is 0 Å². The third kappa shape index (κ3) is 5.46. The third-order valence-electron chi connectivity index (χ3n) is 4.91. The van der Waals surface area contributed by atoms with E-state index in [2.05, 4.69) is 25.6 Å². The maximum atomic E-state index is 12.4. The first-order valence-electron chi connectivity index (χ1n) is 10.3. The van der Waals surface area contributed by atoms with Gasteiger partial charge in [-0.25, -0.2) is 9.97 Å².